The molecule has 0 aliphatic carbocycles. The van der Waals surface area contributed by atoms with E-state index in [0.29, 0.717) is 16.8 Å². The number of para-hydroxylation sites is 2. The van der Waals surface area contributed by atoms with Gasteiger partial charge in [-0.2, -0.15) is 13.2 Å². The Morgan fingerprint density at radius 2 is 1.47 bits per heavy atom. The molecule has 0 fully saturated rings. The van der Waals surface area contributed by atoms with Gasteiger partial charge in [0, 0.05) is 34.0 Å². The minimum absolute atomic E-state index is 0.119. The van der Waals surface area contributed by atoms with Crippen molar-refractivity contribution >= 4 is 28.5 Å². The highest BCUT2D eigenvalue weighted by atomic mass is 19.4. The van der Waals surface area contributed by atoms with E-state index in [-0.39, 0.29) is 27.8 Å². The molecule has 0 saturated heterocycles. The molecule has 0 unspecified atom stereocenters. The maximum atomic E-state index is 13.8. The average Bonchev–Trinajstić information content (AvgIpc) is 2.92. The number of halogens is 3. The predicted octanol–water partition coefficient (Wildman–Crippen LogP) is 7.76. The fourth-order valence-electron chi connectivity index (χ4n) is 4.17. The van der Waals surface area contributed by atoms with Crippen LogP contribution in [0.3, 0.4) is 0 Å². The Morgan fingerprint density at radius 3 is 2.18 bits per heavy atom. The lowest BCUT2D eigenvalue weighted by Gasteiger charge is -2.16. The van der Waals surface area contributed by atoms with E-state index in [9.17, 15) is 22.8 Å². The summed E-state index contributed by atoms with van der Waals surface area (Å²) < 4.78 is 46.8. The summed E-state index contributed by atoms with van der Waals surface area (Å²) in [5.41, 5.74) is 0.455. The number of carbonyl (C=O) groups excluding carboxylic acids is 2. The normalized spacial score (nSPS) is 11.2. The van der Waals surface area contributed by atoms with E-state index in [1.54, 1.807) is 72.8 Å². The maximum absolute atomic E-state index is 13.8. The van der Waals surface area contributed by atoms with Crippen molar-refractivity contribution in [1.82, 2.24) is 4.98 Å². The zero-order valence-corrected chi connectivity index (χ0v) is 19.7. The van der Waals surface area contributed by atoms with Gasteiger partial charge < -0.3 is 4.74 Å². The number of benzene rings is 4. The summed E-state index contributed by atoms with van der Waals surface area (Å²) in [6.45, 7) is 0. The van der Waals surface area contributed by atoms with Gasteiger partial charge >= 0.3 is 12.3 Å². The number of ether oxygens (including phenoxy) is 1. The fourth-order valence-corrected chi connectivity index (χ4v) is 4.17. The minimum atomic E-state index is -4.64. The monoisotopic (exact) mass is 512 g/mol. The smallest absolute Gasteiger partial charge is 0.410 e. The standard InChI is InChI=1S/C30H19F3N2O3/c31-30(32,33)25-16-8-15-23-26(24(18-34-27(23)25)28(36)19-9-3-1-4-10-19)20-11-7-14-22(17-20)38-29(37)35-21-12-5-2-6-13-21/h1-18H,(H,35,37). The molecule has 5 aromatic rings. The first kappa shape index (κ1) is 24.7. The van der Waals surface area contributed by atoms with Crippen molar-refractivity contribution in [3.63, 3.8) is 0 Å². The van der Waals surface area contributed by atoms with Crippen LogP contribution in [-0.4, -0.2) is 16.9 Å². The molecule has 0 saturated carbocycles. The molecule has 1 aromatic heterocycles. The predicted molar refractivity (Wildman–Crippen MR) is 138 cm³/mol. The van der Waals surface area contributed by atoms with Gasteiger partial charge in [0.05, 0.1) is 11.1 Å². The van der Waals surface area contributed by atoms with Gasteiger partial charge in [-0.1, -0.05) is 72.8 Å². The van der Waals surface area contributed by atoms with Crippen LogP contribution in [0.2, 0.25) is 0 Å². The van der Waals surface area contributed by atoms with Crippen molar-refractivity contribution in [2.75, 3.05) is 5.32 Å². The van der Waals surface area contributed by atoms with Crippen LogP contribution in [0.15, 0.2) is 109 Å². The number of anilines is 1. The highest BCUT2D eigenvalue weighted by Gasteiger charge is 2.34. The summed E-state index contributed by atoms with van der Waals surface area (Å²) >= 11 is 0. The van der Waals surface area contributed by atoms with Crippen LogP contribution < -0.4 is 10.1 Å². The number of rotatable bonds is 5. The molecule has 0 radical (unpaired) electrons. The first-order valence-electron chi connectivity index (χ1n) is 11.5. The molecule has 5 rings (SSSR count). The number of aromatic nitrogens is 1. The van der Waals surface area contributed by atoms with Gasteiger partial charge in [0.15, 0.2) is 5.78 Å². The van der Waals surface area contributed by atoms with E-state index < -0.39 is 23.6 Å². The Kier molecular flexibility index (Phi) is 6.62. The molecule has 8 heteroatoms. The second-order valence-corrected chi connectivity index (χ2v) is 8.35. The molecule has 1 N–H and O–H groups in total. The molecule has 4 aromatic carbocycles. The van der Waals surface area contributed by atoms with Crippen LogP contribution in [0.4, 0.5) is 23.7 Å². The SMILES string of the molecule is O=C(Nc1ccccc1)Oc1cccc(-c2c(C(=O)c3ccccc3)cnc3c(C(F)(F)F)cccc23)c1. The Balaban J connectivity index is 1.62. The van der Waals surface area contributed by atoms with Crippen molar-refractivity contribution in [1.29, 1.82) is 0 Å². The van der Waals surface area contributed by atoms with E-state index in [1.165, 1.54) is 24.3 Å². The van der Waals surface area contributed by atoms with Gasteiger partial charge in [-0.05, 0) is 35.9 Å². The first-order valence-corrected chi connectivity index (χ1v) is 11.5. The summed E-state index contributed by atoms with van der Waals surface area (Å²) in [5, 5.41) is 2.75. The average molecular weight is 512 g/mol. The van der Waals surface area contributed by atoms with Crippen LogP contribution in [0.25, 0.3) is 22.0 Å². The largest absolute Gasteiger partial charge is 0.418 e. The zero-order valence-electron chi connectivity index (χ0n) is 19.7. The van der Waals surface area contributed by atoms with Crippen LogP contribution in [-0.2, 0) is 6.18 Å². The summed E-state index contributed by atoms with van der Waals surface area (Å²) in [6.07, 6.45) is -4.22. The molecule has 0 aliphatic heterocycles. The number of nitrogens with one attached hydrogen (secondary N) is 1. The number of nitrogens with zero attached hydrogens (tertiary/aromatic N) is 1. The molecule has 0 aliphatic rings. The molecule has 0 spiro atoms. The van der Waals surface area contributed by atoms with Crippen LogP contribution in [0.5, 0.6) is 5.75 Å². The summed E-state index contributed by atoms with van der Waals surface area (Å²) in [5.74, 6) is -0.258. The molecule has 1 heterocycles. The molecule has 38 heavy (non-hydrogen) atoms. The Labute approximate surface area is 215 Å². The number of hydrogen-bond acceptors (Lipinski definition) is 4. The van der Waals surface area contributed by atoms with Crippen molar-refractivity contribution in [3.8, 4) is 16.9 Å². The molecule has 0 atom stereocenters. The van der Waals surface area contributed by atoms with Gasteiger partial charge in [-0.25, -0.2) is 4.79 Å². The third-order valence-corrected chi connectivity index (χ3v) is 5.84. The maximum Gasteiger partial charge on any atom is 0.418 e. The fraction of sp³-hybridized carbons (Fsp3) is 0.0333. The summed E-state index contributed by atoms with van der Waals surface area (Å²) in [6, 6.07) is 27.1. The highest BCUT2D eigenvalue weighted by molar-refractivity contribution is 6.16. The number of carbonyl (C=O) groups is 2. The second-order valence-electron chi connectivity index (χ2n) is 8.35. The van der Waals surface area contributed by atoms with E-state index in [4.69, 9.17) is 4.74 Å². The number of ketones is 1. The van der Waals surface area contributed by atoms with Crippen molar-refractivity contribution in [2.24, 2.45) is 0 Å². The number of fused-ring (bicyclic) bond motifs is 1. The Hall–Kier alpha value is -4.98. The third kappa shape index (κ3) is 5.10. The van der Waals surface area contributed by atoms with E-state index in [0.717, 1.165) is 12.3 Å². The first-order chi connectivity index (χ1) is 18.3. The number of amides is 1. The lowest BCUT2D eigenvalue weighted by molar-refractivity contribution is -0.136. The van der Waals surface area contributed by atoms with Crippen molar-refractivity contribution in [3.05, 3.63) is 126 Å². The van der Waals surface area contributed by atoms with Gasteiger partial charge in [-0.3, -0.25) is 15.1 Å². The summed E-state index contributed by atoms with van der Waals surface area (Å²) in [7, 11) is 0. The van der Waals surface area contributed by atoms with E-state index in [2.05, 4.69) is 10.3 Å². The van der Waals surface area contributed by atoms with Crippen LogP contribution >= 0.6 is 0 Å². The zero-order chi connectivity index (χ0) is 26.7. The molecule has 0 bridgehead atoms. The lowest BCUT2D eigenvalue weighted by Crippen LogP contribution is -2.16. The molecular weight excluding hydrogens is 493 g/mol. The molecule has 1 amide bonds. The van der Waals surface area contributed by atoms with E-state index in [1.807, 2.05) is 0 Å². The quantitative estimate of drug-likeness (QED) is 0.244. The Bertz CT molecular complexity index is 1640. The minimum Gasteiger partial charge on any atom is -0.410 e. The third-order valence-electron chi connectivity index (χ3n) is 5.84. The number of pyridine rings is 1. The molecular formula is C30H19F3N2O3. The van der Waals surface area contributed by atoms with Crippen LogP contribution in [0, 0.1) is 0 Å². The van der Waals surface area contributed by atoms with Crippen molar-refractivity contribution in [2.45, 2.75) is 6.18 Å². The van der Waals surface area contributed by atoms with E-state index >= 15 is 0 Å². The molecule has 5 nitrogen and oxygen atoms in total. The lowest BCUT2D eigenvalue weighted by atomic mass is 9.91. The highest BCUT2D eigenvalue weighted by Crippen LogP contribution is 2.39. The number of alkyl halides is 3. The van der Waals surface area contributed by atoms with Crippen LogP contribution in [0.1, 0.15) is 21.5 Å². The number of hydrogen-bond donors (Lipinski definition) is 1. The second kappa shape index (κ2) is 10.2. The van der Waals surface area contributed by atoms with Gasteiger partial charge in [0.25, 0.3) is 0 Å². The van der Waals surface area contributed by atoms with Gasteiger partial charge in [0.2, 0.25) is 0 Å². The summed E-state index contributed by atoms with van der Waals surface area (Å²) in [4.78, 5) is 30.0. The Morgan fingerprint density at radius 1 is 0.789 bits per heavy atom. The van der Waals surface area contributed by atoms with Gasteiger partial charge in [-0.15, -0.1) is 0 Å². The topological polar surface area (TPSA) is 68.3 Å². The van der Waals surface area contributed by atoms with Gasteiger partial charge in [0.1, 0.15) is 5.75 Å². The molecule has 188 valence electrons. The van der Waals surface area contributed by atoms with Crippen molar-refractivity contribution < 1.29 is 27.5 Å².